The molecule has 21 heavy (non-hydrogen) atoms. The van der Waals surface area contributed by atoms with Gasteiger partial charge in [0.15, 0.2) is 5.84 Å². The molecule has 1 rings (SSSR count). The van der Waals surface area contributed by atoms with Crippen LogP contribution in [0.4, 0.5) is 0 Å². The van der Waals surface area contributed by atoms with Crippen LogP contribution in [-0.2, 0) is 11.3 Å². The second-order valence-corrected chi connectivity index (χ2v) is 5.02. The summed E-state index contributed by atoms with van der Waals surface area (Å²) in [7, 11) is 1.50. The van der Waals surface area contributed by atoms with Crippen molar-refractivity contribution in [3.05, 3.63) is 29.3 Å². The van der Waals surface area contributed by atoms with Gasteiger partial charge >= 0.3 is 0 Å². The fraction of sp³-hybridized carbons (Fsp3) is 0.429. The number of hydrogen-bond acceptors (Lipinski definition) is 5. The second-order valence-electron chi connectivity index (χ2n) is 5.02. The van der Waals surface area contributed by atoms with Crippen molar-refractivity contribution >= 4 is 11.7 Å². The van der Waals surface area contributed by atoms with E-state index in [2.05, 4.69) is 10.5 Å². The molecule has 0 saturated heterocycles. The van der Waals surface area contributed by atoms with Gasteiger partial charge in [0.2, 0.25) is 5.91 Å². The lowest BCUT2D eigenvalue weighted by molar-refractivity contribution is -0.121. The summed E-state index contributed by atoms with van der Waals surface area (Å²) in [6, 6.07) is 4.86. The molecule has 116 valence electrons. The quantitative estimate of drug-likeness (QED) is 0.251. The predicted octanol–water partition coefficient (Wildman–Crippen LogP) is 0.389. The first-order valence-electron chi connectivity index (χ1n) is 6.58. The van der Waals surface area contributed by atoms with Gasteiger partial charge in [0.05, 0.1) is 18.7 Å². The molecular weight excluding hydrogens is 272 g/mol. The van der Waals surface area contributed by atoms with Gasteiger partial charge in [-0.3, -0.25) is 4.79 Å². The molecule has 0 fully saturated rings. The van der Waals surface area contributed by atoms with Gasteiger partial charge in [0, 0.05) is 6.54 Å². The van der Waals surface area contributed by atoms with Crippen LogP contribution in [0.2, 0.25) is 0 Å². The largest absolute Gasteiger partial charge is 0.496 e. The summed E-state index contributed by atoms with van der Waals surface area (Å²) in [5, 5.41) is 14.8. The first-order valence-corrected chi connectivity index (χ1v) is 6.58. The van der Waals surface area contributed by atoms with Crippen LogP contribution in [0.3, 0.4) is 0 Å². The maximum absolute atomic E-state index is 11.3. The number of carbonyl (C=O) groups is 1. The highest BCUT2D eigenvalue weighted by Crippen LogP contribution is 2.20. The van der Waals surface area contributed by atoms with Crippen LogP contribution in [0.25, 0.3) is 0 Å². The number of benzene rings is 1. The Hall–Kier alpha value is -2.28. The van der Waals surface area contributed by atoms with Gasteiger partial charge in [0.25, 0.3) is 0 Å². The minimum atomic E-state index is -0.403. The highest BCUT2D eigenvalue weighted by molar-refractivity contribution is 5.99. The Bertz CT molecular complexity index is 529. The van der Waals surface area contributed by atoms with E-state index < -0.39 is 6.04 Å². The van der Waals surface area contributed by atoms with Crippen LogP contribution >= 0.6 is 0 Å². The SMILES string of the molecule is COc1cc(CNC(C(N)=O)C(C)C)ccc1/C(N)=N/O. The molecule has 1 unspecified atom stereocenters. The second kappa shape index (κ2) is 7.49. The molecule has 0 aliphatic heterocycles. The molecular formula is C14H22N4O3. The number of amidine groups is 1. The molecule has 0 bridgehead atoms. The summed E-state index contributed by atoms with van der Waals surface area (Å²) in [6.45, 7) is 4.30. The summed E-state index contributed by atoms with van der Waals surface area (Å²) >= 11 is 0. The Balaban J connectivity index is 2.88. The Morgan fingerprint density at radius 2 is 2.10 bits per heavy atom. The number of hydrogen-bond donors (Lipinski definition) is 4. The summed E-state index contributed by atoms with van der Waals surface area (Å²) < 4.78 is 5.22. The van der Waals surface area contributed by atoms with Gasteiger partial charge in [-0.2, -0.15) is 0 Å². The summed E-state index contributed by atoms with van der Waals surface area (Å²) in [6.07, 6.45) is 0. The van der Waals surface area contributed by atoms with E-state index in [0.29, 0.717) is 17.9 Å². The van der Waals surface area contributed by atoms with Crippen LogP contribution in [0.5, 0.6) is 5.75 Å². The van der Waals surface area contributed by atoms with Crippen molar-refractivity contribution in [1.29, 1.82) is 0 Å². The lowest BCUT2D eigenvalue weighted by Gasteiger charge is -2.19. The van der Waals surface area contributed by atoms with Gasteiger partial charge < -0.3 is 26.7 Å². The standard InChI is InChI=1S/C14H22N4O3/c1-8(2)12(14(16)19)17-7-9-4-5-10(13(15)18-20)11(6-9)21-3/h4-6,8,12,17,20H,7H2,1-3H3,(H2,15,18)(H2,16,19). The molecule has 0 aliphatic rings. The van der Waals surface area contributed by atoms with Crippen LogP contribution in [0, 0.1) is 5.92 Å². The van der Waals surface area contributed by atoms with E-state index in [1.807, 2.05) is 13.8 Å². The number of rotatable bonds is 7. The third kappa shape index (κ3) is 4.35. The average molecular weight is 294 g/mol. The van der Waals surface area contributed by atoms with Crippen LogP contribution in [0.15, 0.2) is 23.4 Å². The monoisotopic (exact) mass is 294 g/mol. The molecule has 0 saturated carbocycles. The molecule has 6 N–H and O–H groups in total. The highest BCUT2D eigenvalue weighted by atomic mass is 16.5. The fourth-order valence-corrected chi connectivity index (χ4v) is 2.00. The summed E-state index contributed by atoms with van der Waals surface area (Å²) in [4.78, 5) is 11.3. The summed E-state index contributed by atoms with van der Waals surface area (Å²) in [5.74, 6) is 0.180. The molecule has 1 atom stereocenters. The zero-order chi connectivity index (χ0) is 16.0. The minimum Gasteiger partial charge on any atom is -0.496 e. The molecule has 0 radical (unpaired) electrons. The average Bonchev–Trinajstić information content (AvgIpc) is 2.45. The maximum atomic E-state index is 11.3. The fourth-order valence-electron chi connectivity index (χ4n) is 2.00. The number of nitrogens with zero attached hydrogens (tertiary/aromatic N) is 1. The molecule has 1 aromatic carbocycles. The molecule has 1 aromatic rings. The third-order valence-corrected chi connectivity index (χ3v) is 3.15. The van der Waals surface area contributed by atoms with Gasteiger partial charge in [-0.25, -0.2) is 0 Å². The van der Waals surface area contributed by atoms with Crippen molar-refractivity contribution in [3.8, 4) is 5.75 Å². The van der Waals surface area contributed by atoms with E-state index in [4.69, 9.17) is 21.4 Å². The molecule has 0 aliphatic carbocycles. The van der Waals surface area contributed by atoms with Crippen LogP contribution < -0.4 is 21.5 Å². The van der Waals surface area contributed by atoms with Crippen molar-refractivity contribution in [1.82, 2.24) is 5.32 Å². The number of methoxy groups -OCH3 is 1. The molecule has 1 amide bonds. The number of carbonyl (C=O) groups excluding carboxylic acids is 1. The van der Waals surface area contributed by atoms with Crippen molar-refractivity contribution in [2.45, 2.75) is 26.4 Å². The Labute approximate surface area is 123 Å². The normalized spacial score (nSPS) is 13.2. The lowest BCUT2D eigenvalue weighted by atomic mass is 10.0. The van der Waals surface area contributed by atoms with E-state index in [0.717, 1.165) is 5.56 Å². The molecule has 0 heterocycles. The van der Waals surface area contributed by atoms with Crippen molar-refractivity contribution in [2.75, 3.05) is 7.11 Å². The highest BCUT2D eigenvalue weighted by Gasteiger charge is 2.18. The first kappa shape index (κ1) is 16.8. The Morgan fingerprint density at radius 1 is 1.43 bits per heavy atom. The number of ether oxygens (including phenoxy) is 1. The zero-order valence-corrected chi connectivity index (χ0v) is 12.5. The number of oxime groups is 1. The van der Waals surface area contributed by atoms with E-state index in [1.54, 1.807) is 18.2 Å². The number of nitrogens with one attached hydrogen (secondary N) is 1. The predicted molar refractivity (Wildman–Crippen MR) is 80.2 cm³/mol. The number of nitrogens with two attached hydrogens (primary N) is 2. The van der Waals surface area contributed by atoms with Gasteiger partial charge in [-0.1, -0.05) is 25.1 Å². The van der Waals surface area contributed by atoms with E-state index >= 15 is 0 Å². The minimum absolute atomic E-state index is 0.0245. The van der Waals surface area contributed by atoms with Crippen LogP contribution in [-0.4, -0.2) is 30.1 Å². The van der Waals surface area contributed by atoms with Crippen LogP contribution in [0.1, 0.15) is 25.0 Å². The smallest absolute Gasteiger partial charge is 0.234 e. The first-order chi connectivity index (χ1) is 9.90. The molecule has 0 aromatic heterocycles. The topological polar surface area (TPSA) is 123 Å². The maximum Gasteiger partial charge on any atom is 0.234 e. The Morgan fingerprint density at radius 3 is 2.57 bits per heavy atom. The lowest BCUT2D eigenvalue weighted by Crippen LogP contribution is -2.44. The van der Waals surface area contributed by atoms with Crippen molar-refractivity contribution < 1.29 is 14.7 Å². The van der Waals surface area contributed by atoms with Crippen molar-refractivity contribution in [2.24, 2.45) is 22.5 Å². The Kier molecular flexibility index (Phi) is 5.98. The molecule has 0 spiro atoms. The zero-order valence-electron chi connectivity index (χ0n) is 12.5. The van der Waals surface area contributed by atoms with E-state index in [9.17, 15) is 4.79 Å². The summed E-state index contributed by atoms with van der Waals surface area (Å²) in [5.41, 5.74) is 12.3. The molecule has 7 heteroatoms. The van der Waals surface area contributed by atoms with Gasteiger partial charge in [-0.05, 0) is 23.6 Å². The third-order valence-electron chi connectivity index (χ3n) is 3.15. The number of amides is 1. The van der Waals surface area contributed by atoms with Crippen molar-refractivity contribution in [3.63, 3.8) is 0 Å². The number of primary amides is 1. The van der Waals surface area contributed by atoms with Gasteiger partial charge in [-0.15, -0.1) is 0 Å². The van der Waals surface area contributed by atoms with Gasteiger partial charge in [0.1, 0.15) is 5.75 Å². The molecule has 7 nitrogen and oxygen atoms in total. The van der Waals surface area contributed by atoms with E-state index in [1.165, 1.54) is 7.11 Å². The van der Waals surface area contributed by atoms with E-state index in [-0.39, 0.29) is 17.7 Å².